The number of hydrogen-bond donors (Lipinski definition) is 2. The Balaban J connectivity index is 1.51. The van der Waals surface area contributed by atoms with Crippen LogP contribution in [0.3, 0.4) is 0 Å². The number of carbonyl (C=O) groups is 2. The van der Waals surface area contributed by atoms with Crippen molar-refractivity contribution in [3.05, 3.63) is 83.7 Å². The van der Waals surface area contributed by atoms with Crippen molar-refractivity contribution in [2.45, 2.75) is 13.3 Å². The molecular weight excluding hydrogens is 499 g/mol. The highest BCUT2D eigenvalue weighted by atomic mass is 19.1. The fourth-order valence-corrected chi connectivity index (χ4v) is 4.60. The second-order valence-corrected chi connectivity index (χ2v) is 9.15. The van der Waals surface area contributed by atoms with Crippen molar-refractivity contribution in [2.75, 3.05) is 68.2 Å². The van der Waals surface area contributed by atoms with Crippen LogP contribution in [0.4, 0.5) is 21.5 Å². The Morgan fingerprint density at radius 2 is 1.64 bits per heavy atom. The lowest BCUT2D eigenvalue weighted by Gasteiger charge is -2.38. The third-order valence-electron chi connectivity index (χ3n) is 6.59. The minimum Gasteiger partial charge on any atom is -0.495 e. The summed E-state index contributed by atoms with van der Waals surface area (Å²) in [6.07, 6.45) is 0.697. The highest BCUT2D eigenvalue weighted by Crippen LogP contribution is 2.31. The maximum Gasteiger partial charge on any atom is 0.255 e. The first-order valence-corrected chi connectivity index (χ1v) is 13.2. The summed E-state index contributed by atoms with van der Waals surface area (Å²) in [5.74, 6) is -0.333. The Bertz CT molecular complexity index is 1280. The van der Waals surface area contributed by atoms with Crippen molar-refractivity contribution >= 4 is 28.9 Å². The first-order chi connectivity index (χ1) is 19.0. The molecule has 0 bridgehead atoms. The first kappa shape index (κ1) is 27.9. The zero-order valence-electron chi connectivity index (χ0n) is 22.4. The topological polar surface area (TPSA) is 83.1 Å². The normalized spacial score (nSPS) is 13.2. The van der Waals surface area contributed by atoms with Gasteiger partial charge in [-0.05, 0) is 61.9 Å². The second kappa shape index (κ2) is 13.6. The minimum absolute atomic E-state index is 0.202. The Labute approximate surface area is 228 Å². The van der Waals surface area contributed by atoms with Gasteiger partial charge in [-0.2, -0.15) is 0 Å². The van der Waals surface area contributed by atoms with E-state index in [0.717, 1.165) is 30.2 Å². The molecule has 206 valence electrons. The Morgan fingerprint density at radius 1 is 0.897 bits per heavy atom. The molecule has 0 saturated carbocycles. The van der Waals surface area contributed by atoms with E-state index in [0.29, 0.717) is 50.5 Å². The largest absolute Gasteiger partial charge is 0.495 e. The lowest BCUT2D eigenvalue weighted by molar-refractivity contribution is 0.0943. The van der Waals surface area contributed by atoms with Gasteiger partial charge in [-0.15, -0.1) is 0 Å². The lowest BCUT2D eigenvalue weighted by Crippen LogP contribution is -2.47. The van der Waals surface area contributed by atoms with Crippen molar-refractivity contribution in [1.82, 2.24) is 5.32 Å². The van der Waals surface area contributed by atoms with Crippen LogP contribution in [-0.2, 0) is 4.74 Å². The van der Waals surface area contributed by atoms with E-state index in [1.54, 1.807) is 25.3 Å². The number of benzene rings is 3. The van der Waals surface area contributed by atoms with Crippen LogP contribution in [0.5, 0.6) is 5.75 Å². The molecule has 0 spiro atoms. The summed E-state index contributed by atoms with van der Waals surface area (Å²) in [7, 11) is 1.67. The monoisotopic (exact) mass is 534 g/mol. The molecule has 2 amide bonds. The van der Waals surface area contributed by atoms with Gasteiger partial charge in [0, 0.05) is 62.9 Å². The summed E-state index contributed by atoms with van der Waals surface area (Å²) in [5.41, 5.74) is 2.96. The van der Waals surface area contributed by atoms with Crippen molar-refractivity contribution in [3.63, 3.8) is 0 Å². The van der Waals surface area contributed by atoms with Gasteiger partial charge in [0.05, 0.1) is 18.4 Å². The quantitative estimate of drug-likeness (QED) is 0.351. The predicted molar refractivity (Wildman–Crippen MR) is 152 cm³/mol. The molecule has 0 unspecified atom stereocenters. The van der Waals surface area contributed by atoms with Gasteiger partial charge in [0.25, 0.3) is 11.8 Å². The number of rotatable bonds is 11. The van der Waals surface area contributed by atoms with Crippen LogP contribution in [-0.4, -0.2) is 64.9 Å². The van der Waals surface area contributed by atoms with Crippen LogP contribution in [0, 0.1) is 5.82 Å². The molecule has 2 N–H and O–H groups in total. The Kier molecular flexibility index (Phi) is 9.74. The molecule has 0 atom stereocenters. The van der Waals surface area contributed by atoms with Crippen molar-refractivity contribution in [2.24, 2.45) is 0 Å². The van der Waals surface area contributed by atoms with Gasteiger partial charge in [0.15, 0.2) is 0 Å². The number of nitrogens with zero attached hydrogens (tertiary/aromatic N) is 2. The van der Waals surface area contributed by atoms with E-state index in [-0.39, 0.29) is 11.5 Å². The van der Waals surface area contributed by atoms with E-state index >= 15 is 0 Å². The van der Waals surface area contributed by atoms with Gasteiger partial charge in [-0.1, -0.05) is 18.2 Å². The first-order valence-electron chi connectivity index (χ1n) is 13.2. The molecule has 0 aromatic heterocycles. The van der Waals surface area contributed by atoms with E-state index in [1.165, 1.54) is 18.2 Å². The van der Waals surface area contributed by atoms with Crippen molar-refractivity contribution < 1.29 is 23.5 Å². The maximum atomic E-state index is 13.6. The molecule has 0 aliphatic carbocycles. The van der Waals surface area contributed by atoms with Gasteiger partial charge >= 0.3 is 0 Å². The third-order valence-corrected chi connectivity index (χ3v) is 6.59. The number of para-hydroxylation sites is 2. The summed E-state index contributed by atoms with van der Waals surface area (Å²) < 4.78 is 24.5. The predicted octanol–water partition coefficient (Wildman–Crippen LogP) is 4.57. The average Bonchev–Trinajstić information content (AvgIpc) is 2.97. The molecule has 1 aliphatic rings. The van der Waals surface area contributed by atoms with E-state index in [9.17, 15) is 14.0 Å². The number of nitrogens with one attached hydrogen (secondary N) is 2. The fraction of sp³-hybridized carbons (Fsp3) is 0.333. The summed E-state index contributed by atoms with van der Waals surface area (Å²) in [5, 5.41) is 5.76. The molecule has 9 heteroatoms. The van der Waals surface area contributed by atoms with Gasteiger partial charge in [-0.25, -0.2) is 4.39 Å². The van der Waals surface area contributed by atoms with Crippen molar-refractivity contribution in [3.8, 4) is 5.75 Å². The minimum atomic E-state index is -0.489. The lowest BCUT2D eigenvalue weighted by atomic mass is 10.1. The standard InChI is InChI=1S/C30H35FN4O4/c1-3-39-19-7-14-32-30(37)25-21-24(33-29(36)22-8-6-9-23(31)20-22)12-13-26(25)34-15-17-35(18-16-34)27-10-4-5-11-28(27)38-2/h4-6,8-13,20-21H,3,7,14-19H2,1-2H3,(H,32,37)(H,33,36). The van der Waals surface area contributed by atoms with Crippen LogP contribution in [0.1, 0.15) is 34.1 Å². The Hall–Kier alpha value is -4.11. The summed E-state index contributed by atoms with van der Waals surface area (Å²) >= 11 is 0. The molecule has 1 aliphatic heterocycles. The number of anilines is 3. The van der Waals surface area contributed by atoms with Crippen LogP contribution >= 0.6 is 0 Å². The van der Waals surface area contributed by atoms with Crippen LogP contribution < -0.4 is 25.2 Å². The molecule has 0 radical (unpaired) electrons. The maximum absolute atomic E-state index is 13.6. The summed E-state index contributed by atoms with van der Waals surface area (Å²) in [4.78, 5) is 30.5. The molecular formula is C30H35FN4O4. The summed E-state index contributed by atoms with van der Waals surface area (Å²) in [6.45, 7) is 6.53. The fourth-order valence-electron chi connectivity index (χ4n) is 4.60. The highest BCUT2D eigenvalue weighted by molar-refractivity contribution is 6.06. The van der Waals surface area contributed by atoms with Gasteiger partial charge in [-0.3, -0.25) is 9.59 Å². The van der Waals surface area contributed by atoms with Crippen LogP contribution in [0.25, 0.3) is 0 Å². The van der Waals surface area contributed by atoms with Gasteiger partial charge < -0.3 is 29.9 Å². The van der Waals surface area contributed by atoms with Gasteiger partial charge in [0.2, 0.25) is 0 Å². The number of carbonyl (C=O) groups excluding carboxylic acids is 2. The van der Waals surface area contributed by atoms with Crippen LogP contribution in [0.2, 0.25) is 0 Å². The number of amides is 2. The van der Waals surface area contributed by atoms with E-state index < -0.39 is 11.7 Å². The SMILES string of the molecule is CCOCCCNC(=O)c1cc(NC(=O)c2cccc(F)c2)ccc1N1CCN(c2ccccc2OC)CC1. The van der Waals surface area contributed by atoms with E-state index in [4.69, 9.17) is 9.47 Å². The molecule has 3 aromatic carbocycles. The highest BCUT2D eigenvalue weighted by Gasteiger charge is 2.24. The number of hydrogen-bond acceptors (Lipinski definition) is 6. The molecule has 1 fully saturated rings. The van der Waals surface area contributed by atoms with E-state index in [1.807, 2.05) is 37.3 Å². The Morgan fingerprint density at radius 3 is 2.36 bits per heavy atom. The number of methoxy groups -OCH3 is 1. The number of halogens is 1. The smallest absolute Gasteiger partial charge is 0.255 e. The number of piperazine rings is 1. The second-order valence-electron chi connectivity index (χ2n) is 9.15. The molecule has 3 aromatic rings. The summed E-state index contributed by atoms with van der Waals surface area (Å²) in [6, 6.07) is 18.7. The van der Waals surface area contributed by atoms with Crippen molar-refractivity contribution in [1.29, 1.82) is 0 Å². The zero-order valence-corrected chi connectivity index (χ0v) is 22.4. The molecule has 1 heterocycles. The number of ether oxygens (including phenoxy) is 2. The molecule has 39 heavy (non-hydrogen) atoms. The average molecular weight is 535 g/mol. The molecule has 4 rings (SSSR count). The molecule has 1 saturated heterocycles. The van der Waals surface area contributed by atoms with E-state index in [2.05, 4.69) is 20.4 Å². The third kappa shape index (κ3) is 7.26. The molecule has 8 nitrogen and oxygen atoms in total. The van der Waals surface area contributed by atoms with Gasteiger partial charge in [0.1, 0.15) is 11.6 Å². The zero-order chi connectivity index (χ0) is 27.6. The van der Waals surface area contributed by atoms with Crippen LogP contribution in [0.15, 0.2) is 66.7 Å².